The van der Waals surface area contributed by atoms with E-state index in [0.717, 1.165) is 38.0 Å². The number of carboxylic acids is 1. The number of nitrogens with one attached hydrogen (secondary N) is 1. The van der Waals surface area contributed by atoms with Crippen LogP contribution in [0.3, 0.4) is 0 Å². The lowest BCUT2D eigenvalue weighted by atomic mass is 9.86. The van der Waals surface area contributed by atoms with Gasteiger partial charge in [-0.2, -0.15) is 13.2 Å². The van der Waals surface area contributed by atoms with Crippen molar-refractivity contribution in [3.05, 3.63) is 117 Å². The van der Waals surface area contributed by atoms with Gasteiger partial charge in [0.05, 0.1) is 29.8 Å². The van der Waals surface area contributed by atoms with E-state index in [4.69, 9.17) is 52.1 Å². The molecule has 4 aromatic rings. The first kappa shape index (κ1) is 41.1. The van der Waals surface area contributed by atoms with Gasteiger partial charge in [-0.15, -0.1) is 0 Å². The summed E-state index contributed by atoms with van der Waals surface area (Å²) in [5.74, 6) is -2.30. The van der Waals surface area contributed by atoms with E-state index in [1.807, 2.05) is 30.3 Å². The molecule has 0 amide bonds. The van der Waals surface area contributed by atoms with Crippen molar-refractivity contribution >= 4 is 46.8 Å². The molecule has 4 heterocycles. The number of rotatable bonds is 12. The number of halogens is 5. The number of benzene rings is 3. The molecule has 0 saturated carbocycles. The van der Waals surface area contributed by atoms with Gasteiger partial charge in [-0.25, -0.2) is 14.4 Å². The van der Waals surface area contributed by atoms with E-state index in [-0.39, 0.29) is 24.1 Å². The van der Waals surface area contributed by atoms with Gasteiger partial charge in [-0.1, -0.05) is 65.7 Å². The minimum absolute atomic E-state index is 0.134. The van der Waals surface area contributed by atoms with Gasteiger partial charge in [0.2, 0.25) is 0 Å². The quantitative estimate of drug-likeness (QED) is 0.135. The maximum absolute atomic E-state index is 13.8. The third-order valence-electron chi connectivity index (χ3n) is 9.25. The van der Waals surface area contributed by atoms with E-state index in [0.29, 0.717) is 44.3 Å². The predicted molar refractivity (Wildman–Crippen MR) is 198 cm³/mol. The second-order valence-electron chi connectivity index (χ2n) is 12.8. The maximum atomic E-state index is 13.8. The number of hydrogen-bond donors (Lipinski definition) is 2. The average molecular weight is 805 g/mol. The number of ether oxygens (including phenoxy) is 4. The lowest BCUT2D eigenvalue weighted by Crippen LogP contribution is -2.52. The molecule has 7 rings (SSSR count). The van der Waals surface area contributed by atoms with Crippen LogP contribution in [-0.4, -0.2) is 79.0 Å². The molecule has 3 atom stereocenters. The van der Waals surface area contributed by atoms with Crippen LogP contribution >= 0.6 is 23.2 Å². The maximum Gasteiger partial charge on any atom is 0.490 e. The fourth-order valence-electron chi connectivity index (χ4n) is 6.38. The van der Waals surface area contributed by atoms with Crippen LogP contribution in [-0.2, 0) is 25.5 Å². The van der Waals surface area contributed by atoms with Crippen LogP contribution in [0.25, 0.3) is 0 Å². The van der Waals surface area contributed by atoms with E-state index in [1.54, 1.807) is 49.6 Å². The Labute approximate surface area is 325 Å². The number of esters is 2. The molecule has 0 spiro atoms. The number of nitrogens with zero attached hydrogens (tertiary/aromatic N) is 2. The smallest absolute Gasteiger partial charge is 0.490 e. The van der Waals surface area contributed by atoms with Gasteiger partial charge in [0, 0.05) is 31.0 Å². The van der Waals surface area contributed by atoms with Gasteiger partial charge < -0.3 is 29.4 Å². The van der Waals surface area contributed by atoms with Crippen molar-refractivity contribution in [3.63, 3.8) is 0 Å². The van der Waals surface area contributed by atoms with Crippen LogP contribution in [0, 0.1) is 5.92 Å². The van der Waals surface area contributed by atoms with Crippen molar-refractivity contribution in [2.24, 2.45) is 5.92 Å². The molecule has 2 N–H and O–H groups in total. The molecule has 2 bridgehead atoms. The van der Waals surface area contributed by atoms with Crippen LogP contribution in [0.5, 0.6) is 11.5 Å². The minimum Gasteiger partial charge on any atom is -0.493 e. The number of anilines is 1. The number of aromatic nitrogens is 1. The number of methoxy groups -OCH3 is 2. The summed E-state index contributed by atoms with van der Waals surface area (Å²) in [4.78, 5) is 42.8. The first-order valence-electron chi connectivity index (χ1n) is 17.1. The second kappa shape index (κ2) is 18.5. The van der Waals surface area contributed by atoms with Gasteiger partial charge >= 0.3 is 24.1 Å². The highest BCUT2D eigenvalue weighted by atomic mass is 35.5. The molecule has 3 aliphatic rings. The van der Waals surface area contributed by atoms with Gasteiger partial charge in [0.1, 0.15) is 12.2 Å². The van der Waals surface area contributed by atoms with Gasteiger partial charge in [-0.3, -0.25) is 9.88 Å². The molecule has 1 aromatic heterocycles. The molecule has 0 radical (unpaired) electrons. The van der Waals surface area contributed by atoms with Crippen LogP contribution < -0.4 is 14.8 Å². The van der Waals surface area contributed by atoms with Crippen LogP contribution in [0.4, 0.5) is 18.9 Å². The number of alkyl halides is 3. The summed E-state index contributed by atoms with van der Waals surface area (Å²) in [5.41, 5.74) is 2.85. The summed E-state index contributed by atoms with van der Waals surface area (Å²) in [7, 11) is 3.08. The van der Waals surface area contributed by atoms with Crippen molar-refractivity contribution in [1.82, 2.24) is 9.88 Å². The molecule has 3 aromatic carbocycles. The molecule has 292 valence electrons. The van der Waals surface area contributed by atoms with Crippen LogP contribution in [0.1, 0.15) is 52.0 Å². The molecular weight excluding hydrogens is 766 g/mol. The minimum atomic E-state index is -5.08. The number of carboxylic acid groups (broad SMARTS) is 1. The highest BCUT2D eigenvalue weighted by molar-refractivity contribution is 6.35. The number of carbonyl (C=O) groups excluding carboxylic acids is 2. The summed E-state index contributed by atoms with van der Waals surface area (Å²) in [6, 6.07) is 20.8. The van der Waals surface area contributed by atoms with Gasteiger partial charge in [-0.05, 0) is 78.9 Å². The Kier molecular flexibility index (Phi) is 13.8. The van der Waals surface area contributed by atoms with E-state index >= 15 is 0 Å². The van der Waals surface area contributed by atoms with Gasteiger partial charge in [0.25, 0.3) is 0 Å². The van der Waals surface area contributed by atoms with E-state index in [1.165, 1.54) is 19.5 Å². The zero-order valence-electron chi connectivity index (χ0n) is 29.7. The van der Waals surface area contributed by atoms with E-state index in [9.17, 15) is 22.8 Å². The zero-order valence-corrected chi connectivity index (χ0v) is 31.2. The van der Waals surface area contributed by atoms with Crippen LogP contribution in [0.15, 0.2) is 85.2 Å². The Bertz CT molecular complexity index is 1940. The normalized spacial score (nSPS) is 18.5. The number of piperidine rings is 3. The molecule has 16 heteroatoms. The van der Waals surface area contributed by atoms with E-state index < -0.39 is 30.3 Å². The second-order valence-corrected chi connectivity index (χ2v) is 13.6. The third-order valence-corrected chi connectivity index (χ3v) is 9.91. The Hall–Kier alpha value is -5.05. The summed E-state index contributed by atoms with van der Waals surface area (Å²) < 4.78 is 54.9. The zero-order chi connectivity index (χ0) is 39.7. The largest absolute Gasteiger partial charge is 0.493 e. The Morgan fingerprint density at radius 2 is 1.56 bits per heavy atom. The lowest BCUT2D eigenvalue weighted by molar-refractivity contribution is -0.192. The Balaban J connectivity index is 0.000000757. The summed E-state index contributed by atoms with van der Waals surface area (Å²) in [6.07, 6.45) is -0.761. The van der Waals surface area contributed by atoms with Crippen molar-refractivity contribution < 1.29 is 51.6 Å². The topological polar surface area (TPSA) is 137 Å². The van der Waals surface area contributed by atoms with Crippen LogP contribution in [0.2, 0.25) is 10.0 Å². The third kappa shape index (κ3) is 10.8. The Morgan fingerprint density at radius 1 is 0.909 bits per heavy atom. The number of aliphatic carboxylic acids is 1. The number of carbonyl (C=O) groups is 3. The molecule has 3 fully saturated rings. The molecule has 55 heavy (non-hydrogen) atoms. The Morgan fingerprint density at radius 3 is 2.15 bits per heavy atom. The fraction of sp³-hybridized carbons (Fsp3) is 0.333. The van der Waals surface area contributed by atoms with Gasteiger partial charge in [0.15, 0.2) is 17.5 Å². The average Bonchev–Trinajstić information content (AvgIpc) is 3.18. The molecule has 3 saturated heterocycles. The molecular formula is C39H38Cl2F3N3O8. The first-order valence-corrected chi connectivity index (χ1v) is 17.9. The molecule has 3 aliphatic heterocycles. The van der Waals surface area contributed by atoms with Crippen molar-refractivity contribution in [2.45, 2.75) is 43.7 Å². The summed E-state index contributed by atoms with van der Waals surface area (Å²) in [6.45, 7) is 2.87. The highest BCUT2D eigenvalue weighted by Gasteiger charge is 2.39. The molecule has 0 aliphatic carbocycles. The van der Waals surface area contributed by atoms with E-state index in [2.05, 4.69) is 15.2 Å². The predicted octanol–water partition coefficient (Wildman–Crippen LogP) is 7.97. The summed E-state index contributed by atoms with van der Waals surface area (Å²) >= 11 is 12.9. The number of hydrogen-bond acceptors (Lipinski definition) is 10. The number of pyridine rings is 1. The van der Waals surface area contributed by atoms with Crippen molar-refractivity contribution in [2.75, 3.05) is 39.2 Å². The molecule has 1 unspecified atom stereocenters. The summed E-state index contributed by atoms with van der Waals surface area (Å²) in [5, 5.41) is 11.2. The SMILES string of the molecule is COc1ccc([C@H](Cc2c(Cl)cncc2Cl)OC(=O)c2cccc(NC(C(=O)O[C@H]3CN4CCC3CC4)c3ccccc3)c2)cc1OC.O=C(O)C(F)(F)F. The number of fused-ring (bicyclic) bond motifs is 3. The fourth-order valence-corrected chi connectivity index (χ4v) is 6.90. The monoisotopic (exact) mass is 803 g/mol. The molecule has 11 nitrogen and oxygen atoms in total. The standard InChI is InChI=1S/C37H37Cl2N3O6.C2HF3O2/c1-45-31-12-11-25(18-33(31)46-2)32(19-28-29(38)20-40-21-30(28)39)47-36(43)26-9-6-10-27(17-26)41-35(24-7-4-3-5-8-24)37(44)48-34-22-42-15-13-23(34)14-16-42;3-2(4,5)1(6)7/h3-12,17-18,20-21,23,32,34-35,41H,13-16,19,22H2,1-2H3;(H,6,7)/t32-,34-,35?;/m0./s1. The van der Waals surface area contributed by atoms with Crippen molar-refractivity contribution in [1.29, 1.82) is 0 Å². The van der Waals surface area contributed by atoms with Crippen molar-refractivity contribution in [3.8, 4) is 11.5 Å². The lowest BCUT2D eigenvalue weighted by Gasteiger charge is -2.44. The first-order chi connectivity index (χ1) is 26.3. The highest BCUT2D eigenvalue weighted by Crippen LogP contribution is 2.36.